The van der Waals surface area contributed by atoms with E-state index in [1.54, 1.807) is 25.1 Å². The zero-order valence-corrected chi connectivity index (χ0v) is 31.3. The zero-order valence-electron chi connectivity index (χ0n) is 28.8. The minimum Gasteiger partial charge on any atom is -0.503 e. The first-order chi connectivity index (χ1) is 26.8. The molecular weight excluding hydrogens is 797 g/mol. The molecule has 21 nitrogen and oxygen atoms in total. The molecule has 7 N–H and O–H groups in total. The Labute approximate surface area is 327 Å². The number of β-lactam (4-membered cyclic amide) rings is 1. The minimum absolute atomic E-state index is 0.00924. The summed E-state index contributed by atoms with van der Waals surface area (Å²) in [6.45, 7) is 1.88. The standard InChI is InChI=1S/C32H30N10O11S3/c1-2-40-8-9-41(25(49)24(40)48)30(53)35-20(15-6-4-3-5-7-15)23(47)37-32(34-14-43)27(52)42-21(26(50)51)16(12-54-28(32)42)13-55-31-39-38-29(56-31)36-22(46)17-10-18(44)19(45)11-33-17/h3-7,10-11,14,20,28,45H,2,8-9,12-13H2,1H3,(H,33,44)(H,34,43)(H,35,53)(H,37,47)(H,50,51)(H,36,38,46)/t20?,28-,32+/m0/s1. The number of piperazine rings is 1. The SMILES string of the molecule is CCN1CCN(C(=O)NC(C(=O)N[C@]2(NC=O)C(=O)N3C(C(=O)O)=C(CSc4nnc(NC(=O)c5cc(=O)c(O)c[nH]5)s4)CS[C@H]32)c2ccccc2)C(=O)C1=O. The number of carboxylic acid groups (broad SMARTS) is 1. The molecule has 5 heterocycles. The molecule has 3 aliphatic heterocycles. The van der Waals surface area contributed by atoms with E-state index in [1.165, 1.54) is 17.0 Å². The number of nitrogens with zero attached hydrogens (tertiary/aromatic N) is 5. The maximum absolute atomic E-state index is 14.0. The van der Waals surface area contributed by atoms with Crippen molar-refractivity contribution in [2.24, 2.45) is 0 Å². The van der Waals surface area contributed by atoms with E-state index in [2.05, 4.69) is 36.4 Å². The van der Waals surface area contributed by atoms with Crippen LogP contribution in [0.4, 0.5) is 9.93 Å². The van der Waals surface area contributed by atoms with Crippen LogP contribution in [0.15, 0.2) is 63.0 Å². The Balaban J connectivity index is 1.17. The number of fused-ring (bicyclic) bond motifs is 1. The molecule has 2 fully saturated rings. The van der Waals surface area contributed by atoms with Crippen molar-refractivity contribution < 1.29 is 48.6 Å². The van der Waals surface area contributed by atoms with Gasteiger partial charge >= 0.3 is 23.8 Å². The van der Waals surface area contributed by atoms with Gasteiger partial charge in [-0.1, -0.05) is 53.4 Å². The van der Waals surface area contributed by atoms with Crippen molar-refractivity contribution in [1.82, 2.24) is 45.8 Å². The topological polar surface area (TPSA) is 293 Å². The molecule has 0 spiro atoms. The fraction of sp³-hybridized carbons (Fsp3) is 0.281. The molecule has 3 atom stereocenters. The first-order valence-electron chi connectivity index (χ1n) is 16.4. The number of carboxylic acids is 1. The number of hydrogen-bond acceptors (Lipinski definition) is 15. The fourth-order valence-corrected chi connectivity index (χ4v) is 9.23. The molecule has 2 saturated heterocycles. The van der Waals surface area contributed by atoms with Crippen LogP contribution in [0.3, 0.4) is 0 Å². The molecule has 6 rings (SSSR count). The number of carbonyl (C=O) groups is 8. The maximum atomic E-state index is 14.0. The van der Waals surface area contributed by atoms with E-state index in [1.807, 2.05) is 0 Å². The van der Waals surface area contributed by atoms with Crippen molar-refractivity contribution in [2.45, 2.75) is 28.3 Å². The third-order valence-corrected chi connectivity index (χ3v) is 12.1. The highest BCUT2D eigenvalue weighted by atomic mass is 32.2. The molecule has 0 aliphatic carbocycles. The quantitative estimate of drug-likeness (QED) is 0.0278. The van der Waals surface area contributed by atoms with Gasteiger partial charge in [0.25, 0.3) is 11.8 Å². The maximum Gasteiger partial charge on any atom is 0.352 e. The summed E-state index contributed by atoms with van der Waals surface area (Å²) >= 11 is 3.06. The lowest BCUT2D eigenvalue weighted by Gasteiger charge is -2.56. The molecule has 292 valence electrons. The minimum atomic E-state index is -2.15. The van der Waals surface area contributed by atoms with E-state index in [-0.39, 0.29) is 59.6 Å². The van der Waals surface area contributed by atoms with Gasteiger partial charge in [-0.2, -0.15) is 0 Å². The number of benzene rings is 1. The predicted molar refractivity (Wildman–Crippen MR) is 197 cm³/mol. The van der Waals surface area contributed by atoms with Gasteiger partial charge in [0.05, 0.1) is 0 Å². The van der Waals surface area contributed by atoms with Gasteiger partial charge in [-0.05, 0) is 18.1 Å². The molecule has 56 heavy (non-hydrogen) atoms. The van der Waals surface area contributed by atoms with Crippen molar-refractivity contribution in [3.8, 4) is 5.75 Å². The van der Waals surface area contributed by atoms with E-state index in [0.29, 0.717) is 14.8 Å². The smallest absolute Gasteiger partial charge is 0.352 e. The third kappa shape index (κ3) is 7.52. The number of imide groups is 1. The van der Waals surface area contributed by atoms with Gasteiger partial charge in [-0.3, -0.25) is 48.7 Å². The first kappa shape index (κ1) is 39.4. The van der Waals surface area contributed by atoms with Gasteiger partial charge in [0, 0.05) is 43.4 Å². The van der Waals surface area contributed by atoms with Gasteiger partial charge in [-0.15, -0.1) is 22.0 Å². The lowest BCUT2D eigenvalue weighted by atomic mass is 9.94. The average Bonchev–Trinajstić information content (AvgIpc) is 3.64. The molecule has 0 bridgehead atoms. The van der Waals surface area contributed by atoms with Crippen LogP contribution in [0, 0.1) is 0 Å². The van der Waals surface area contributed by atoms with Crippen LogP contribution in [0.25, 0.3) is 0 Å². The van der Waals surface area contributed by atoms with Crippen LogP contribution in [-0.4, -0.2) is 130 Å². The zero-order chi connectivity index (χ0) is 40.3. The molecule has 24 heteroatoms. The van der Waals surface area contributed by atoms with E-state index < -0.39 is 69.8 Å². The highest BCUT2D eigenvalue weighted by molar-refractivity contribution is 8.02. The van der Waals surface area contributed by atoms with E-state index in [0.717, 1.165) is 52.0 Å². The number of hydrogen-bond donors (Lipinski definition) is 7. The summed E-state index contributed by atoms with van der Waals surface area (Å²) < 4.78 is 0.315. The Hall–Kier alpha value is -6.27. The number of H-pyrrole nitrogens is 1. The second-order valence-corrected chi connectivity index (χ2v) is 15.3. The molecular formula is C32H30N10O11S3. The normalized spacial score (nSPS) is 19.8. The number of aromatic hydroxyl groups is 1. The molecule has 2 aromatic heterocycles. The number of aliphatic carboxylic acids is 1. The number of pyridine rings is 1. The second kappa shape index (κ2) is 16.2. The highest BCUT2D eigenvalue weighted by Crippen LogP contribution is 2.46. The van der Waals surface area contributed by atoms with Crippen molar-refractivity contribution in [1.29, 1.82) is 0 Å². The summed E-state index contributed by atoms with van der Waals surface area (Å²) in [4.78, 5) is 120. The van der Waals surface area contributed by atoms with E-state index >= 15 is 0 Å². The molecule has 0 radical (unpaired) electrons. The number of amides is 8. The lowest BCUT2D eigenvalue weighted by molar-refractivity contribution is -0.163. The number of urea groups is 1. The number of likely N-dealkylation sites (N-methyl/N-ethyl adjacent to an activating group) is 1. The summed E-state index contributed by atoms with van der Waals surface area (Å²) in [5, 5.41) is 36.1. The summed E-state index contributed by atoms with van der Waals surface area (Å²) in [6, 6.07) is 6.11. The van der Waals surface area contributed by atoms with Crippen LogP contribution in [0.5, 0.6) is 5.75 Å². The molecule has 1 unspecified atom stereocenters. The van der Waals surface area contributed by atoms with Crippen molar-refractivity contribution in [2.75, 3.05) is 36.5 Å². The molecule has 0 saturated carbocycles. The average molecular weight is 827 g/mol. The third-order valence-electron chi connectivity index (χ3n) is 8.69. The number of anilines is 1. The number of aromatic nitrogens is 3. The molecule has 8 amide bonds. The summed E-state index contributed by atoms with van der Waals surface area (Å²) in [7, 11) is 0. The van der Waals surface area contributed by atoms with Crippen molar-refractivity contribution in [3.63, 3.8) is 0 Å². The monoisotopic (exact) mass is 826 g/mol. The van der Waals surface area contributed by atoms with Crippen LogP contribution in [0.2, 0.25) is 0 Å². The Kier molecular flexibility index (Phi) is 11.4. The van der Waals surface area contributed by atoms with Crippen LogP contribution >= 0.6 is 34.9 Å². The number of thioether (sulfide) groups is 2. The largest absolute Gasteiger partial charge is 0.503 e. The summed E-state index contributed by atoms with van der Waals surface area (Å²) in [5.74, 6) is -6.68. The van der Waals surface area contributed by atoms with Crippen molar-refractivity contribution in [3.05, 3.63) is 75.3 Å². The Morgan fingerprint density at radius 3 is 2.54 bits per heavy atom. The van der Waals surface area contributed by atoms with Gasteiger partial charge in [-0.25, -0.2) is 9.59 Å². The van der Waals surface area contributed by atoms with Gasteiger partial charge in [0.2, 0.25) is 28.5 Å². The predicted octanol–water partition coefficient (Wildman–Crippen LogP) is -0.770. The number of nitrogens with one attached hydrogen (secondary N) is 5. The Bertz CT molecular complexity index is 2230. The van der Waals surface area contributed by atoms with E-state index in [9.17, 15) is 53.4 Å². The molecule has 1 aromatic carbocycles. The summed E-state index contributed by atoms with van der Waals surface area (Å²) in [6.07, 6.45) is 1.13. The number of aromatic amines is 1. The Morgan fingerprint density at radius 1 is 1.11 bits per heavy atom. The first-order valence-corrected chi connectivity index (χ1v) is 19.2. The number of rotatable bonds is 13. The van der Waals surface area contributed by atoms with Crippen LogP contribution in [0.1, 0.15) is 29.0 Å². The van der Waals surface area contributed by atoms with E-state index in [4.69, 9.17) is 0 Å². The number of carbonyl (C=O) groups excluding carboxylic acids is 7. The van der Waals surface area contributed by atoms with Gasteiger partial charge in [0.15, 0.2) is 10.1 Å². The lowest BCUT2D eigenvalue weighted by Crippen LogP contribution is -2.85. The van der Waals surface area contributed by atoms with Crippen LogP contribution < -0.4 is 26.7 Å². The van der Waals surface area contributed by atoms with Gasteiger partial charge < -0.3 is 36.0 Å². The Morgan fingerprint density at radius 2 is 1.86 bits per heavy atom. The van der Waals surface area contributed by atoms with Crippen molar-refractivity contribution >= 4 is 87.9 Å². The van der Waals surface area contributed by atoms with Crippen LogP contribution in [-0.2, 0) is 28.8 Å². The van der Waals surface area contributed by atoms with Gasteiger partial charge in [0.1, 0.15) is 22.8 Å². The molecule has 3 aliphatic rings. The molecule has 3 aromatic rings. The fourth-order valence-electron chi connectivity index (χ4n) is 5.92. The highest BCUT2D eigenvalue weighted by Gasteiger charge is 2.66. The summed E-state index contributed by atoms with van der Waals surface area (Å²) in [5.41, 5.74) is -2.93. The second-order valence-electron chi connectivity index (χ2n) is 12.0.